The molecule has 1 aliphatic heterocycles. The Morgan fingerprint density at radius 2 is 2.04 bits per heavy atom. The summed E-state index contributed by atoms with van der Waals surface area (Å²) in [6, 6.07) is 14.4. The van der Waals surface area contributed by atoms with Crippen molar-refractivity contribution in [2.24, 2.45) is 5.41 Å². The Kier molecular flexibility index (Phi) is 4.29. The summed E-state index contributed by atoms with van der Waals surface area (Å²) >= 11 is 0. The number of hydrogen-bond donors (Lipinski definition) is 2. The van der Waals surface area contributed by atoms with Gasteiger partial charge in [-0.2, -0.15) is 4.57 Å². The number of fused-ring (bicyclic) bond motifs is 1. The highest BCUT2D eigenvalue weighted by Gasteiger charge is 2.44. The van der Waals surface area contributed by atoms with E-state index in [2.05, 4.69) is 26.1 Å². The zero-order chi connectivity index (χ0) is 19.2. The van der Waals surface area contributed by atoms with Gasteiger partial charge in [0.2, 0.25) is 6.33 Å². The predicted octanol–water partition coefficient (Wildman–Crippen LogP) is 2.74. The number of halogens is 1. The monoisotopic (exact) mass is 370 g/mol. The van der Waals surface area contributed by atoms with Gasteiger partial charge in [0.25, 0.3) is 5.91 Å². The van der Waals surface area contributed by atoms with Gasteiger partial charge in [0.1, 0.15) is 11.5 Å². The molecule has 2 aromatic carbocycles. The maximum Gasteiger partial charge on any atom is 0.265 e. The summed E-state index contributed by atoms with van der Waals surface area (Å²) < 4.78 is 23.3. The summed E-state index contributed by atoms with van der Waals surface area (Å²) in [6.45, 7) is 7.01. The minimum Gasteiger partial charge on any atom is -0.350 e. The standard InChI is InChI=1S/C21H25FN3O2/c1-20(2,3)19-12-27-21(26,23-19)13-24-14-25(16-8-6-7-15(22)11-16)18-10-5-4-9-17(18)24/h4-11,14,19,23,26H,12-13H2,1-3H3/q+1/t19-,21?/m1/s1. The Labute approximate surface area is 158 Å². The zero-order valence-corrected chi connectivity index (χ0v) is 15.8. The molecule has 0 saturated carbocycles. The predicted molar refractivity (Wildman–Crippen MR) is 101 cm³/mol. The minimum absolute atomic E-state index is 0.0231. The normalized spacial score (nSPS) is 23.2. The van der Waals surface area contributed by atoms with Crippen LogP contribution >= 0.6 is 0 Å². The first-order valence-corrected chi connectivity index (χ1v) is 9.15. The van der Waals surface area contributed by atoms with Crippen LogP contribution in [0.3, 0.4) is 0 Å². The molecule has 1 saturated heterocycles. The average Bonchev–Trinajstić information content (AvgIpc) is 3.17. The molecule has 2 heterocycles. The molecule has 3 aromatic rings. The number of ether oxygens (including phenoxy) is 1. The third-order valence-corrected chi connectivity index (χ3v) is 5.11. The van der Waals surface area contributed by atoms with Gasteiger partial charge >= 0.3 is 0 Å². The summed E-state index contributed by atoms with van der Waals surface area (Å²) in [5.41, 5.74) is 2.56. The van der Waals surface area contributed by atoms with Gasteiger partial charge in [-0.1, -0.05) is 39.0 Å². The number of benzene rings is 2. The first-order valence-electron chi connectivity index (χ1n) is 9.15. The Balaban J connectivity index is 1.71. The van der Waals surface area contributed by atoms with Crippen molar-refractivity contribution in [3.63, 3.8) is 0 Å². The van der Waals surface area contributed by atoms with Crippen LogP contribution in [0, 0.1) is 11.2 Å². The zero-order valence-electron chi connectivity index (χ0n) is 15.8. The highest BCUT2D eigenvalue weighted by atomic mass is 19.1. The fourth-order valence-electron chi connectivity index (χ4n) is 3.50. The number of para-hydroxylation sites is 2. The van der Waals surface area contributed by atoms with E-state index in [1.807, 2.05) is 45.8 Å². The summed E-state index contributed by atoms with van der Waals surface area (Å²) in [6.07, 6.45) is 1.87. The first-order chi connectivity index (χ1) is 12.8. The van der Waals surface area contributed by atoms with Crippen molar-refractivity contribution in [3.05, 3.63) is 60.7 Å². The van der Waals surface area contributed by atoms with Crippen LogP contribution in [0.2, 0.25) is 0 Å². The molecule has 1 fully saturated rings. The van der Waals surface area contributed by atoms with E-state index >= 15 is 0 Å². The van der Waals surface area contributed by atoms with Gasteiger partial charge in [0, 0.05) is 12.1 Å². The van der Waals surface area contributed by atoms with Crippen LogP contribution in [-0.2, 0) is 11.3 Å². The van der Waals surface area contributed by atoms with Gasteiger partial charge < -0.3 is 9.84 Å². The van der Waals surface area contributed by atoms with Crippen LogP contribution in [0.1, 0.15) is 20.8 Å². The molecule has 0 bridgehead atoms. The topological polar surface area (TPSA) is 50.3 Å². The molecule has 5 nitrogen and oxygen atoms in total. The first kappa shape index (κ1) is 18.1. The second kappa shape index (κ2) is 6.41. The van der Waals surface area contributed by atoms with Crippen LogP contribution in [0.5, 0.6) is 0 Å². The SMILES string of the molecule is CC(C)(C)[C@H]1COC(O)(C[n+]2cn(-c3cccc(F)c3)c3ccccc32)N1. The average molecular weight is 370 g/mol. The lowest BCUT2D eigenvalue weighted by molar-refractivity contribution is -0.697. The third-order valence-electron chi connectivity index (χ3n) is 5.11. The van der Waals surface area contributed by atoms with Crippen LogP contribution in [0.4, 0.5) is 4.39 Å². The van der Waals surface area contributed by atoms with Gasteiger partial charge in [0.05, 0.1) is 6.61 Å². The molecule has 1 unspecified atom stereocenters. The number of imidazole rings is 1. The van der Waals surface area contributed by atoms with Crippen LogP contribution < -0.4 is 9.88 Å². The lowest BCUT2D eigenvalue weighted by atomic mass is 9.88. The molecule has 27 heavy (non-hydrogen) atoms. The van der Waals surface area contributed by atoms with E-state index in [-0.39, 0.29) is 23.8 Å². The van der Waals surface area contributed by atoms with Crippen molar-refractivity contribution >= 4 is 11.0 Å². The number of nitrogens with one attached hydrogen (secondary N) is 1. The Morgan fingerprint density at radius 1 is 1.26 bits per heavy atom. The van der Waals surface area contributed by atoms with Crippen LogP contribution in [0.25, 0.3) is 16.7 Å². The van der Waals surface area contributed by atoms with Gasteiger partial charge in [-0.15, -0.1) is 0 Å². The highest BCUT2D eigenvalue weighted by Crippen LogP contribution is 2.27. The van der Waals surface area contributed by atoms with E-state index in [9.17, 15) is 9.50 Å². The van der Waals surface area contributed by atoms with E-state index in [0.717, 1.165) is 16.7 Å². The maximum absolute atomic E-state index is 13.7. The molecule has 1 aromatic heterocycles. The van der Waals surface area contributed by atoms with Crippen molar-refractivity contribution in [3.8, 4) is 5.69 Å². The maximum atomic E-state index is 13.7. The Bertz CT molecular complexity index is 979. The summed E-state index contributed by atoms with van der Waals surface area (Å²) in [4.78, 5) is 0. The molecule has 0 spiro atoms. The van der Waals surface area contributed by atoms with Crippen LogP contribution in [-0.4, -0.2) is 28.2 Å². The second-order valence-corrected chi connectivity index (χ2v) is 8.24. The van der Waals surface area contributed by atoms with Crippen molar-refractivity contribution < 1.29 is 18.8 Å². The molecule has 1 aliphatic rings. The largest absolute Gasteiger partial charge is 0.350 e. The molecule has 4 rings (SSSR count). The Hall–Kier alpha value is -2.28. The molecule has 2 atom stereocenters. The Morgan fingerprint density at radius 3 is 2.74 bits per heavy atom. The number of aliphatic hydroxyl groups is 1. The van der Waals surface area contributed by atoms with Crippen molar-refractivity contribution in [2.45, 2.75) is 39.3 Å². The molecular formula is C21H25FN3O2+. The minimum atomic E-state index is -1.44. The lowest BCUT2D eigenvalue weighted by Crippen LogP contribution is -2.56. The second-order valence-electron chi connectivity index (χ2n) is 8.24. The molecule has 0 aliphatic carbocycles. The fourth-order valence-corrected chi connectivity index (χ4v) is 3.50. The molecule has 142 valence electrons. The molecule has 0 amide bonds. The van der Waals surface area contributed by atoms with Crippen molar-refractivity contribution in [1.82, 2.24) is 9.88 Å². The quantitative estimate of drug-likeness (QED) is 0.697. The van der Waals surface area contributed by atoms with Gasteiger partial charge in [-0.25, -0.2) is 8.96 Å². The molecule has 0 radical (unpaired) electrons. The lowest BCUT2D eigenvalue weighted by Gasteiger charge is -2.27. The van der Waals surface area contributed by atoms with E-state index in [1.54, 1.807) is 6.07 Å². The van der Waals surface area contributed by atoms with E-state index in [4.69, 9.17) is 4.74 Å². The summed E-state index contributed by atoms with van der Waals surface area (Å²) in [5, 5.41) is 14.2. The van der Waals surface area contributed by atoms with E-state index in [1.165, 1.54) is 12.1 Å². The summed E-state index contributed by atoms with van der Waals surface area (Å²) in [7, 11) is 0. The fraction of sp³-hybridized carbons (Fsp3) is 0.381. The van der Waals surface area contributed by atoms with E-state index < -0.39 is 5.91 Å². The van der Waals surface area contributed by atoms with Gasteiger partial charge in [-0.3, -0.25) is 5.32 Å². The van der Waals surface area contributed by atoms with Gasteiger partial charge in [0.15, 0.2) is 17.6 Å². The molecule has 2 N–H and O–H groups in total. The van der Waals surface area contributed by atoms with Crippen molar-refractivity contribution in [1.29, 1.82) is 0 Å². The number of nitrogens with zero attached hydrogens (tertiary/aromatic N) is 2. The number of rotatable bonds is 3. The molecular weight excluding hydrogens is 345 g/mol. The highest BCUT2D eigenvalue weighted by molar-refractivity contribution is 5.73. The number of aromatic nitrogens is 2. The van der Waals surface area contributed by atoms with E-state index in [0.29, 0.717) is 6.61 Å². The third kappa shape index (κ3) is 3.48. The number of hydrogen-bond acceptors (Lipinski definition) is 3. The summed E-state index contributed by atoms with van der Waals surface area (Å²) in [5.74, 6) is -1.73. The van der Waals surface area contributed by atoms with Crippen molar-refractivity contribution in [2.75, 3.05) is 6.61 Å². The van der Waals surface area contributed by atoms with Crippen LogP contribution in [0.15, 0.2) is 54.9 Å². The smallest absolute Gasteiger partial charge is 0.265 e. The van der Waals surface area contributed by atoms with Gasteiger partial charge in [-0.05, 0) is 29.7 Å². The molecule has 6 heteroatoms.